The van der Waals surface area contributed by atoms with E-state index in [0.717, 1.165) is 17.5 Å². The maximum Gasteiger partial charge on any atom is 0.244 e. The lowest BCUT2D eigenvalue weighted by molar-refractivity contribution is -0.142. The van der Waals surface area contributed by atoms with Crippen LogP contribution in [0.3, 0.4) is 0 Å². The molecule has 2 saturated heterocycles. The first-order valence-corrected chi connectivity index (χ1v) is 11.0. The zero-order chi connectivity index (χ0) is 19.9. The molecule has 148 valence electrons. The third-order valence-corrected chi connectivity index (χ3v) is 7.86. The number of aromatic hydroxyl groups is 1. The number of benzene rings is 2. The number of hydrogen-bond acceptors (Lipinski definition) is 4. The van der Waals surface area contributed by atoms with Gasteiger partial charge < -0.3 is 10.0 Å². The zero-order valence-corrected chi connectivity index (χ0v) is 16.7. The van der Waals surface area contributed by atoms with Gasteiger partial charge in [-0.25, -0.2) is 8.42 Å². The normalized spacial score (nSPS) is 23.5. The van der Waals surface area contributed by atoms with Crippen LogP contribution >= 0.6 is 0 Å². The van der Waals surface area contributed by atoms with E-state index in [1.807, 2.05) is 6.07 Å². The minimum absolute atomic E-state index is 0.0868. The van der Waals surface area contributed by atoms with E-state index in [1.165, 1.54) is 4.31 Å². The number of phenolic OH excluding ortho intramolecular Hbond substituents is 1. The largest absolute Gasteiger partial charge is 0.508 e. The molecule has 1 N–H and O–H groups in total. The van der Waals surface area contributed by atoms with Crippen LogP contribution in [0, 0.1) is 0 Å². The number of likely N-dealkylation sites (N-methyl/N-ethyl adjacent to an activating group) is 1. The summed E-state index contributed by atoms with van der Waals surface area (Å²) in [6.45, 7) is 1.04. The summed E-state index contributed by atoms with van der Waals surface area (Å²) in [6, 6.07) is 13.5. The van der Waals surface area contributed by atoms with Crippen molar-refractivity contribution >= 4 is 15.9 Å². The van der Waals surface area contributed by atoms with Crippen LogP contribution in [0.2, 0.25) is 0 Å². The first-order chi connectivity index (χ1) is 13.3. The van der Waals surface area contributed by atoms with Gasteiger partial charge in [0.15, 0.2) is 0 Å². The number of amides is 1. The third-order valence-electron chi connectivity index (χ3n) is 5.88. The third kappa shape index (κ3) is 2.99. The molecule has 0 bridgehead atoms. The average Bonchev–Trinajstić information content (AvgIpc) is 3.11. The van der Waals surface area contributed by atoms with Crippen molar-refractivity contribution in [2.75, 3.05) is 20.1 Å². The Balaban J connectivity index is 1.67. The van der Waals surface area contributed by atoms with Crippen molar-refractivity contribution in [1.82, 2.24) is 9.21 Å². The summed E-state index contributed by atoms with van der Waals surface area (Å²) >= 11 is 0. The summed E-state index contributed by atoms with van der Waals surface area (Å²) in [5, 5.41) is 9.65. The molecule has 1 spiro atoms. The Morgan fingerprint density at radius 3 is 2.32 bits per heavy atom. The van der Waals surface area contributed by atoms with Gasteiger partial charge in [-0.15, -0.1) is 0 Å². The van der Waals surface area contributed by atoms with Crippen LogP contribution < -0.4 is 0 Å². The number of phenols is 1. The van der Waals surface area contributed by atoms with Gasteiger partial charge in [0.2, 0.25) is 15.9 Å². The quantitative estimate of drug-likeness (QED) is 0.859. The maximum absolute atomic E-state index is 13.4. The van der Waals surface area contributed by atoms with Crippen molar-refractivity contribution in [3.05, 3.63) is 48.5 Å². The second kappa shape index (κ2) is 6.90. The molecule has 2 fully saturated rings. The molecular weight excluding hydrogens is 376 g/mol. The average molecular weight is 401 g/mol. The van der Waals surface area contributed by atoms with E-state index >= 15 is 0 Å². The number of hydrogen-bond donors (Lipinski definition) is 1. The van der Waals surface area contributed by atoms with Crippen LogP contribution in [0.5, 0.6) is 5.75 Å². The standard InChI is InChI=1S/C21H24N2O4S/c1-22-13-3-11-21(20(22)25)12-4-14-23(21)28(26,27)19-9-7-16(8-10-19)17-5-2-6-18(24)15-17/h2,5-10,15,24H,3-4,11-14H2,1H3. The Morgan fingerprint density at radius 2 is 1.64 bits per heavy atom. The van der Waals surface area contributed by atoms with Gasteiger partial charge in [-0.2, -0.15) is 4.31 Å². The van der Waals surface area contributed by atoms with E-state index in [-0.39, 0.29) is 16.6 Å². The van der Waals surface area contributed by atoms with Crippen molar-refractivity contribution < 1.29 is 18.3 Å². The maximum atomic E-state index is 13.4. The monoisotopic (exact) mass is 400 g/mol. The fourth-order valence-corrected chi connectivity index (χ4v) is 6.30. The highest BCUT2D eigenvalue weighted by Gasteiger charge is 2.54. The molecule has 2 aliphatic heterocycles. The van der Waals surface area contributed by atoms with Crippen LogP contribution in [0.25, 0.3) is 11.1 Å². The minimum atomic E-state index is -3.77. The van der Waals surface area contributed by atoms with E-state index in [4.69, 9.17) is 0 Å². The summed E-state index contributed by atoms with van der Waals surface area (Å²) in [6.07, 6.45) is 2.67. The van der Waals surface area contributed by atoms with Gasteiger partial charge in [-0.3, -0.25) is 4.79 Å². The van der Waals surface area contributed by atoms with Crippen molar-refractivity contribution in [2.24, 2.45) is 0 Å². The molecule has 7 heteroatoms. The molecule has 2 aromatic rings. The lowest BCUT2D eigenvalue weighted by Gasteiger charge is -2.42. The SMILES string of the molecule is CN1CCCC2(CCCN2S(=O)(=O)c2ccc(-c3cccc(O)c3)cc2)C1=O. The van der Waals surface area contributed by atoms with E-state index < -0.39 is 15.6 Å². The molecule has 0 saturated carbocycles. The zero-order valence-electron chi connectivity index (χ0n) is 15.8. The summed E-state index contributed by atoms with van der Waals surface area (Å²) in [4.78, 5) is 14.8. The van der Waals surface area contributed by atoms with Gasteiger partial charge in [-0.05, 0) is 61.1 Å². The fraction of sp³-hybridized carbons (Fsp3) is 0.381. The highest BCUT2D eigenvalue weighted by atomic mass is 32.2. The van der Waals surface area contributed by atoms with Crippen molar-refractivity contribution in [1.29, 1.82) is 0 Å². The smallest absolute Gasteiger partial charge is 0.244 e. The predicted molar refractivity (Wildman–Crippen MR) is 106 cm³/mol. The molecule has 0 aliphatic carbocycles. The number of carbonyl (C=O) groups is 1. The Labute approximate surface area is 165 Å². The molecule has 1 unspecified atom stereocenters. The molecule has 2 heterocycles. The fourth-order valence-electron chi connectivity index (χ4n) is 4.47. The van der Waals surface area contributed by atoms with E-state index in [9.17, 15) is 18.3 Å². The van der Waals surface area contributed by atoms with Crippen molar-refractivity contribution in [2.45, 2.75) is 36.1 Å². The van der Waals surface area contributed by atoms with Crippen molar-refractivity contribution in [3.8, 4) is 16.9 Å². The number of nitrogens with zero attached hydrogens (tertiary/aromatic N) is 2. The van der Waals surface area contributed by atoms with Crippen LogP contribution in [0.15, 0.2) is 53.4 Å². The van der Waals surface area contributed by atoms with Gasteiger partial charge >= 0.3 is 0 Å². The second-order valence-electron chi connectivity index (χ2n) is 7.62. The van der Waals surface area contributed by atoms with Gasteiger partial charge in [0.05, 0.1) is 4.90 Å². The molecule has 1 amide bonds. The van der Waals surface area contributed by atoms with E-state index in [2.05, 4.69) is 0 Å². The Hall–Kier alpha value is -2.38. The summed E-state index contributed by atoms with van der Waals surface area (Å²) in [7, 11) is -2.03. The molecule has 1 atom stereocenters. The summed E-state index contributed by atoms with van der Waals surface area (Å²) in [5.74, 6) is 0.0735. The van der Waals surface area contributed by atoms with Gasteiger partial charge in [0.25, 0.3) is 0 Å². The van der Waals surface area contributed by atoms with Crippen LogP contribution in [-0.2, 0) is 14.8 Å². The highest BCUT2D eigenvalue weighted by molar-refractivity contribution is 7.89. The lowest BCUT2D eigenvalue weighted by atomic mass is 9.87. The van der Waals surface area contributed by atoms with Crippen LogP contribution in [0.4, 0.5) is 0 Å². The Morgan fingerprint density at radius 1 is 0.964 bits per heavy atom. The topological polar surface area (TPSA) is 77.9 Å². The number of piperidine rings is 1. The first kappa shape index (κ1) is 19.0. The van der Waals surface area contributed by atoms with E-state index in [0.29, 0.717) is 32.4 Å². The molecule has 2 aromatic carbocycles. The molecule has 4 rings (SSSR count). The molecule has 28 heavy (non-hydrogen) atoms. The van der Waals surface area contributed by atoms with Crippen LogP contribution in [-0.4, -0.2) is 54.3 Å². The first-order valence-electron chi connectivity index (χ1n) is 9.52. The number of rotatable bonds is 3. The molecule has 0 aromatic heterocycles. The van der Waals surface area contributed by atoms with E-state index in [1.54, 1.807) is 54.4 Å². The second-order valence-corrected chi connectivity index (χ2v) is 9.48. The molecule has 6 nitrogen and oxygen atoms in total. The Bertz CT molecular complexity index is 1000. The van der Waals surface area contributed by atoms with Gasteiger partial charge in [0.1, 0.15) is 11.3 Å². The predicted octanol–water partition coefficient (Wildman–Crippen LogP) is 2.83. The highest BCUT2D eigenvalue weighted by Crippen LogP contribution is 2.41. The van der Waals surface area contributed by atoms with Crippen molar-refractivity contribution in [3.63, 3.8) is 0 Å². The number of carbonyl (C=O) groups excluding carboxylic acids is 1. The molecule has 0 radical (unpaired) electrons. The minimum Gasteiger partial charge on any atom is -0.508 e. The van der Waals surface area contributed by atoms with Gasteiger partial charge in [-0.1, -0.05) is 24.3 Å². The summed E-state index contributed by atoms with van der Waals surface area (Å²) < 4.78 is 28.2. The molecule has 2 aliphatic rings. The summed E-state index contributed by atoms with van der Waals surface area (Å²) in [5.41, 5.74) is 0.695. The number of sulfonamides is 1. The number of likely N-dealkylation sites (tertiary alicyclic amines) is 1. The Kier molecular flexibility index (Phi) is 4.67. The lowest BCUT2D eigenvalue weighted by Crippen LogP contribution is -2.60. The van der Waals surface area contributed by atoms with Crippen LogP contribution in [0.1, 0.15) is 25.7 Å². The molecular formula is C21H24N2O4S. The van der Waals surface area contributed by atoms with Gasteiger partial charge in [0, 0.05) is 20.1 Å².